The number of urea groups is 1. The van der Waals surface area contributed by atoms with Crippen LogP contribution >= 0.6 is 11.6 Å². The number of benzene rings is 1. The van der Waals surface area contributed by atoms with Crippen LogP contribution in [0.25, 0.3) is 0 Å². The molecule has 0 atom stereocenters. The summed E-state index contributed by atoms with van der Waals surface area (Å²) in [5, 5.41) is 1.85. The van der Waals surface area contributed by atoms with Crippen molar-refractivity contribution in [2.45, 2.75) is 0 Å². The van der Waals surface area contributed by atoms with Gasteiger partial charge in [0.1, 0.15) is 0 Å². The smallest absolute Gasteiger partial charge is 0.340 e. The van der Waals surface area contributed by atoms with Crippen LogP contribution in [0.2, 0.25) is 5.02 Å². The van der Waals surface area contributed by atoms with Crippen LogP contribution in [0.3, 0.4) is 0 Å². The topological polar surface area (TPSA) is 125 Å². The third kappa shape index (κ3) is 3.95. The summed E-state index contributed by atoms with van der Waals surface area (Å²) in [6.45, 7) is -0.636. The van der Waals surface area contributed by atoms with Crippen molar-refractivity contribution in [3.8, 4) is 0 Å². The van der Waals surface area contributed by atoms with Gasteiger partial charge in [0, 0.05) is 5.69 Å². The number of hydrogen-bond donors (Lipinski definition) is 3. The Hall–Kier alpha value is -2.28. The quantitative estimate of drug-likeness (QED) is 0.538. The number of carbonyl (C=O) groups is 3. The average Bonchev–Trinajstić information content (AvgIpc) is 2.25. The van der Waals surface area contributed by atoms with Crippen LogP contribution in [0.5, 0.6) is 0 Å². The molecule has 0 saturated carbocycles. The zero-order chi connectivity index (χ0) is 13.7. The molecule has 1 aromatic carbocycles. The first kappa shape index (κ1) is 13.8. The van der Waals surface area contributed by atoms with Crippen molar-refractivity contribution in [3.05, 3.63) is 28.8 Å². The molecule has 1 aromatic rings. The van der Waals surface area contributed by atoms with Gasteiger partial charge in [-0.05, 0) is 18.2 Å². The Morgan fingerprint density at radius 2 is 2.00 bits per heavy atom. The standard InChI is InChI=1S/C10H10ClN3O4/c11-7-3-5(12)1-2-6(7)9(16)18-4-8(15)14-10(13)17/h1-3H,4,12H2,(H3,13,14,15,17). The summed E-state index contributed by atoms with van der Waals surface area (Å²) in [7, 11) is 0. The van der Waals surface area contributed by atoms with Crippen molar-refractivity contribution in [2.75, 3.05) is 12.3 Å². The molecule has 0 aliphatic heterocycles. The minimum absolute atomic E-state index is 0.0674. The molecule has 0 spiro atoms. The van der Waals surface area contributed by atoms with E-state index in [1.807, 2.05) is 0 Å². The first-order valence-corrected chi connectivity index (χ1v) is 5.09. The maximum atomic E-state index is 11.5. The maximum Gasteiger partial charge on any atom is 0.340 e. The van der Waals surface area contributed by atoms with E-state index in [4.69, 9.17) is 23.1 Å². The number of anilines is 1. The highest BCUT2D eigenvalue weighted by Crippen LogP contribution is 2.19. The molecule has 18 heavy (non-hydrogen) atoms. The molecule has 0 unspecified atom stereocenters. The van der Waals surface area contributed by atoms with E-state index in [-0.39, 0.29) is 10.6 Å². The minimum atomic E-state index is -1.03. The number of nitrogens with two attached hydrogens (primary N) is 2. The highest BCUT2D eigenvalue weighted by molar-refractivity contribution is 6.33. The average molecular weight is 272 g/mol. The third-order valence-electron chi connectivity index (χ3n) is 1.81. The molecule has 0 bridgehead atoms. The second-order valence-corrected chi connectivity index (χ2v) is 3.64. The Kier molecular flexibility index (Phi) is 4.50. The Bertz CT molecular complexity index is 504. The maximum absolute atomic E-state index is 11.5. The molecule has 0 heterocycles. The fourth-order valence-corrected chi connectivity index (χ4v) is 1.35. The summed E-state index contributed by atoms with van der Waals surface area (Å²) < 4.78 is 4.63. The molecule has 0 saturated heterocycles. The Balaban J connectivity index is 2.60. The van der Waals surface area contributed by atoms with Crippen molar-refractivity contribution >= 4 is 35.2 Å². The highest BCUT2D eigenvalue weighted by atomic mass is 35.5. The van der Waals surface area contributed by atoms with Crippen molar-refractivity contribution in [2.24, 2.45) is 5.73 Å². The van der Waals surface area contributed by atoms with E-state index >= 15 is 0 Å². The van der Waals surface area contributed by atoms with Gasteiger partial charge < -0.3 is 16.2 Å². The number of amides is 3. The number of rotatable bonds is 3. The van der Waals surface area contributed by atoms with Gasteiger partial charge in [0.15, 0.2) is 6.61 Å². The number of nitrogen functional groups attached to an aromatic ring is 1. The fourth-order valence-electron chi connectivity index (χ4n) is 1.08. The van der Waals surface area contributed by atoms with E-state index in [9.17, 15) is 14.4 Å². The van der Waals surface area contributed by atoms with E-state index in [1.165, 1.54) is 18.2 Å². The van der Waals surface area contributed by atoms with Crippen LogP contribution in [0.15, 0.2) is 18.2 Å². The van der Waals surface area contributed by atoms with Crippen LogP contribution < -0.4 is 16.8 Å². The molecule has 0 aliphatic carbocycles. The minimum Gasteiger partial charge on any atom is -0.452 e. The second-order valence-electron chi connectivity index (χ2n) is 3.23. The van der Waals surface area contributed by atoms with Crippen LogP contribution in [0.4, 0.5) is 10.5 Å². The van der Waals surface area contributed by atoms with Crippen molar-refractivity contribution in [1.29, 1.82) is 0 Å². The Morgan fingerprint density at radius 1 is 1.33 bits per heavy atom. The lowest BCUT2D eigenvalue weighted by molar-refractivity contribution is -0.123. The molecule has 7 nitrogen and oxygen atoms in total. The molecule has 8 heteroatoms. The molecular formula is C10H10ClN3O4. The van der Waals surface area contributed by atoms with Crippen molar-refractivity contribution in [1.82, 2.24) is 5.32 Å². The molecular weight excluding hydrogens is 262 g/mol. The molecule has 5 N–H and O–H groups in total. The van der Waals surface area contributed by atoms with Gasteiger partial charge in [-0.2, -0.15) is 0 Å². The summed E-state index contributed by atoms with van der Waals surface area (Å²) in [6.07, 6.45) is 0. The van der Waals surface area contributed by atoms with Gasteiger partial charge in [-0.1, -0.05) is 11.6 Å². The summed E-state index contributed by atoms with van der Waals surface area (Å²) >= 11 is 5.77. The third-order valence-corrected chi connectivity index (χ3v) is 2.12. The number of halogens is 1. The number of hydrogen-bond acceptors (Lipinski definition) is 5. The summed E-state index contributed by atoms with van der Waals surface area (Å²) in [5.74, 6) is -1.64. The predicted octanol–water partition coefficient (Wildman–Crippen LogP) is 0.274. The van der Waals surface area contributed by atoms with E-state index in [0.29, 0.717) is 5.69 Å². The lowest BCUT2D eigenvalue weighted by Gasteiger charge is -2.06. The van der Waals surface area contributed by atoms with Crippen molar-refractivity contribution < 1.29 is 19.1 Å². The zero-order valence-corrected chi connectivity index (χ0v) is 9.86. The van der Waals surface area contributed by atoms with Gasteiger partial charge in [0.2, 0.25) is 0 Å². The first-order chi connectivity index (χ1) is 8.40. The summed E-state index contributed by atoms with van der Waals surface area (Å²) in [4.78, 5) is 32.8. The lowest BCUT2D eigenvalue weighted by Crippen LogP contribution is -2.37. The van der Waals surface area contributed by atoms with Crippen LogP contribution in [0.1, 0.15) is 10.4 Å². The number of carbonyl (C=O) groups excluding carboxylic acids is 3. The number of ether oxygens (including phenoxy) is 1. The van der Waals surface area contributed by atoms with E-state index in [1.54, 1.807) is 5.32 Å². The normalized spacial score (nSPS) is 9.61. The molecule has 96 valence electrons. The number of esters is 1. The summed E-state index contributed by atoms with van der Waals surface area (Å²) in [5.41, 5.74) is 10.6. The molecule has 0 aliphatic rings. The predicted molar refractivity (Wildman–Crippen MR) is 63.9 cm³/mol. The van der Waals surface area contributed by atoms with Crippen LogP contribution in [0, 0.1) is 0 Å². The van der Waals surface area contributed by atoms with Crippen LogP contribution in [-0.4, -0.2) is 24.5 Å². The van der Waals surface area contributed by atoms with Gasteiger partial charge in [0.25, 0.3) is 5.91 Å². The number of primary amides is 1. The van der Waals surface area contributed by atoms with Gasteiger partial charge in [-0.3, -0.25) is 10.1 Å². The van der Waals surface area contributed by atoms with Crippen molar-refractivity contribution in [3.63, 3.8) is 0 Å². The second kappa shape index (κ2) is 5.87. The molecule has 3 amide bonds. The SMILES string of the molecule is NC(=O)NC(=O)COC(=O)c1ccc(N)cc1Cl. The summed E-state index contributed by atoms with van der Waals surface area (Å²) in [6, 6.07) is 3.18. The van der Waals surface area contributed by atoms with Gasteiger partial charge in [-0.25, -0.2) is 9.59 Å². The van der Waals surface area contributed by atoms with E-state index < -0.39 is 24.5 Å². The molecule has 0 aromatic heterocycles. The monoisotopic (exact) mass is 271 g/mol. The largest absolute Gasteiger partial charge is 0.452 e. The molecule has 0 radical (unpaired) electrons. The molecule has 1 rings (SSSR count). The van der Waals surface area contributed by atoms with Gasteiger partial charge >= 0.3 is 12.0 Å². The van der Waals surface area contributed by atoms with Gasteiger partial charge in [0.05, 0.1) is 10.6 Å². The Morgan fingerprint density at radius 3 is 2.56 bits per heavy atom. The number of imide groups is 1. The number of nitrogens with one attached hydrogen (secondary N) is 1. The molecule has 0 fully saturated rings. The lowest BCUT2D eigenvalue weighted by atomic mass is 10.2. The fraction of sp³-hybridized carbons (Fsp3) is 0.100. The van der Waals surface area contributed by atoms with Crippen LogP contribution in [-0.2, 0) is 9.53 Å². The van der Waals surface area contributed by atoms with E-state index in [2.05, 4.69) is 4.74 Å². The first-order valence-electron chi connectivity index (χ1n) is 4.71. The van der Waals surface area contributed by atoms with E-state index in [0.717, 1.165) is 0 Å². The zero-order valence-electron chi connectivity index (χ0n) is 9.10. The van der Waals surface area contributed by atoms with Gasteiger partial charge in [-0.15, -0.1) is 0 Å². The Labute approximate surface area is 107 Å². The highest BCUT2D eigenvalue weighted by Gasteiger charge is 2.14.